The number of carbonyl (C=O) groups is 2. The maximum absolute atomic E-state index is 11.3. The maximum Gasteiger partial charge on any atom is 0.238 e. The summed E-state index contributed by atoms with van der Waals surface area (Å²) in [5.74, 6) is -0.670. The highest BCUT2D eigenvalue weighted by Crippen LogP contribution is 2.34. The average molecular weight is 225 g/mol. The average Bonchev–Trinajstić information content (AvgIpc) is 2.18. The number of carbonyl (C=O) groups excluding carboxylic acids is 2. The lowest BCUT2D eigenvalue weighted by atomic mass is 10.1. The first-order valence-corrected chi connectivity index (χ1v) is 6.22. The Morgan fingerprint density at radius 1 is 1.73 bits per heavy atom. The van der Waals surface area contributed by atoms with E-state index in [1.807, 2.05) is 18.4 Å². The van der Waals surface area contributed by atoms with Crippen LogP contribution in [0.4, 0.5) is 0 Å². The lowest BCUT2D eigenvalue weighted by Crippen LogP contribution is -2.60. The molecule has 0 aliphatic carbocycles. The number of hydrogen-bond donors (Lipinski definition) is 0. The molecule has 0 aromatic heterocycles. The minimum absolute atomic E-state index is 0.0336. The van der Waals surface area contributed by atoms with Crippen molar-refractivity contribution in [2.24, 2.45) is 0 Å². The van der Waals surface area contributed by atoms with E-state index in [4.69, 9.17) is 0 Å². The number of hydrogen-bond acceptors (Lipinski definition) is 3. The summed E-state index contributed by atoms with van der Waals surface area (Å²) in [5, 5.41) is 12.9. The van der Waals surface area contributed by atoms with Crippen molar-refractivity contribution in [1.82, 2.24) is 4.90 Å². The maximum atomic E-state index is 11.3. The van der Waals surface area contributed by atoms with E-state index in [-0.39, 0.29) is 27.9 Å². The number of aliphatic carboxylic acids is 1. The molecule has 2 atom stereocenters. The second-order valence-electron chi connectivity index (χ2n) is 3.40. The minimum Gasteiger partial charge on any atom is -0.543 e. The second kappa shape index (κ2) is 3.73. The molecular formula is C10H11NO3S. The molecule has 0 saturated carbocycles. The third kappa shape index (κ3) is 1.56. The summed E-state index contributed by atoms with van der Waals surface area (Å²) in [4.78, 5) is 23.4. The zero-order valence-corrected chi connectivity index (χ0v) is 9.12. The number of amides is 1. The van der Waals surface area contributed by atoms with Crippen molar-refractivity contribution < 1.29 is 14.7 Å². The first kappa shape index (κ1) is 10.3. The summed E-state index contributed by atoms with van der Waals surface area (Å²) < 4.78 is 0. The number of nitrogens with zero attached hydrogens (tertiary/aromatic N) is 1. The highest BCUT2D eigenvalue weighted by atomic mass is 32.2. The lowest BCUT2D eigenvalue weighted by molar-refractivity contribution is -0.301. The molecule has 0 aromatic carbocycles. The molecule has 1 saturated heterocycles. The molecule has 0 radical (unpaired) electrons. The van der Waals surface area contributed by atoms with Crippen LogP contribution >= 0.6 is 0 Å². The first-order chi connectivity index (χ1) is 7.15. The Hall–Kier alpha value is -1.23. The SMILES string of the molecule is C/C=C\[S+]1CC=C(C(=O)[O-])N2C(=O)C[C@H]21. The van der Waals surface area contributed by atoms with Gasteiger partial charge in [-0.05, 0) is 19.1 Å². The Morgan fingerprint density at radius 3 is 3.00 bits per heavy atom. The van der Waals surface area contributed by atoms with Crippen LogP contribution in [0.5, 0.6) is 0 Å². The predicted octanol–water partition coefficient (Wildman–Crippen LogP) is -0.656. The van der Waals surface area contributed by atoms with Crippen molar-refractivity contribution >= 4 is 22.8 Å². The molecule has 1 fully saturated rings. The zero-order valence-electron chi connectivity index (χ0n) is 8.30. The number of carboxylic acids is 1. The molecule has 15 heavy (non-hydrogen) atoms. The van der Waals surface area contributed by atoms with E-state index in [0.717, 1.165) is 0 Å². The van der Waals surface area contributed by atoms with Crippen molar-refractivity contribution in [3.05, 3.63) is 23.3 Å². The topological polar surface area (TPSA) is 60.4 Å². The molecule has 2 aliphatic heterocycles. The largest absolute Gasteiger partial charge is 0.543 e. The van der Waals surface area contributed by atoms with Crippen molar-refractivity contribution in [1.29, 1.82) is 0 Å². The van der Waals surface area contributed by atoms with Crippen molar-refractivity contribution in [3.63, 3.8) is 0 Å². The number of carboxylic acid groups (broad SMARTS) is 1. The van der Waals surface area contributed by atoms with E-state index in [1.165, 1.54) is 4.90 Å². The van der Waals surface area contributed by atoms with Gasteiger partial charge in [-0.15, -0.1) is 0 Å². The number of β-lactam (4-membered cyclic amide) rings is 1. The molecule has 2 heterocycles. The van der Waals surface area contributed by atoms with E-state index < -0.39 is 5.97 Å². The van der Waals surface area contributed by atoms with Crippen LogP contribution in [0, 0.1) is 0 Å². The summed E-state index contributed by atoms with van der Waals surface area (Å²) >= 11 is 0. The minimum atomic E-state index is -1.25. The van der Waals surface area contributed by atoms with Gasteiger partial charge in [0.2, 0.25) is 11.3 Å². The van der Waals surface area contributed by atoms with Crippen molar-refractivity contribution in [3.8, 4) is 0 Å². The summed E-state index contributed by atoms with van der Waals surface area (Å²) in [6.45, 7) is 1.93. The molecule has 2 rings (SSSR count). The van der Waals surface area contributed by atoms with Crippen molar-refractivity contribution in [2.75, 3.05) is 5.75 Å². The zero-order chi connectivity index (χ0) is 11.0. The number of rotatable bonds is 2. The van der Waals surface area contributed by atoms with Gasteiger partial charge in [-0.1, -0.05) is 0 Å². The van der Waals surface area contributed by atoms with Crippen LogP contribution < -0.4 is 5.11 Å². The number of allylic oxidation sites excluding steroid dienone is 1. The predicted molar refractivity (Wildman–Crippen MR) is 55.4 cm³/mol. The van der Waals surface area contributed by atoms with E-state index in [2.05, 4.69) is 0 Å². The molecule has 1 amide bonds. The standard InChI is InChI=1S/C10H11NO3S/c1-2-4-15-5-3-7(10(13)14)11-8(12)6-9(11)15/h2-4,9H,5-6H2,1H3/b4-2-/t9-,15?/m1/s1. The summed E-state index contributed by atoms with van der Waals surface area (Å²) in [7, 11) is -0.0336. The molecule has 0 bridgehead atoms. The Kier molecular flexibility index (Phi) is 2.56. The van der Waals surface area contributed by atoms with E-state index in [9.17, 15) is 14.7 Å². The molecule has 1 unspecified atom stereocenters. The third-order valence-corrected chi connectivity index (χ3v) is 4.75. The molecule has 4 nitrogen and oxygen atoms in total. The summed E-state index contributed by atoms with van der Waals surface area (Å²) in [5.41, 5.74) is 0.0458. The molecule has 2 aliphatic rings. The van der Waals surface area contributed by atoms with Crippen LogP contribution in [-0.4, -0.2) is 27.9 Å². The van der Waals surface area contributed by atoms with Gasteiger partial charge in [0, 0.05) is 10.9 Å². The normalized spacial score (nSPS) is 29.8. The van der Waals surface area contributed by atoms with Gasteiger partial charge < -0.3 is 9.90 Å². The second-order valence-corrected chi connectivity index (χ2v) is 5.49. The molecule has 0 N–H and O–H groups in total. The third-order valence-electron chi connectivity index (χ3n) is 2.50. The summed E-state index contributed by atoms with van der Waals surface area (Å²) in [6, 6.07) is 0. The highest BCUT2D eigenvalue weighted by molar-refractivity contribution is 8.00. The smallest absolute Gasteiger partial charge is 0.238 e. The van der Waals surface area contributed by atoms with Gasteiger partial charge >= 0.3 is 0 Å². The fraction of sp³-hybridized carbons (Fsp3) is 0.400. The Morgan fingerprint density at radius 2 is 2.47 bits per heavy atom. The van der Waals surface area contributed by atoms with Crippen LogP contribution in [0.1, 0.15) is 13.3 Å². The van der Waals surface area contributed by atoms with Crippen LogP contribution in [0.15, 0.2) is 23.3 Å². The Labute approximate surface area is 90.6 Å². The lowest BCUT2D eigenvalue weighted by Gasteiger charge is -2.41. The fourth-order valence-electron chi connectivity index (χ4n) is 1.81. The molecular weight excluding hydrogens is 214 g/mol. The van der Waals surface area contributed by atoms with E-state index >= 15 is 0 Å². The molecule has 0 spiro atoms. The van der Waals surface area contributed by atoms with Gasteiger partial charge in [0.1, 0.15) is 11.2 Å². The van der Waals surface area contributed by atoms with Crippen LogP contribution in [0.25, 0.3) is 0 Å². The van der Waals surface area contributed by atoms with Crippen LogP contribution in [0.2, 0.25) is 0 Å². The number of fused-ring (bicyclic) bond motifs is 1. The van der Waals surface area contributed by atoms with Gasteiger partial charge in [-0.25, -0.2) is 0 Å². The van der Waals surface area contributed by atoms with Gasteiger partial charge in [0.25, 0.3) is 0 Å². The van der Waals surface area contributed by atoms with Gasteiger partial charge in [0.15, 0.2) is 0 Å². The van der Waals surface area contributed by atoms with Gasteiger partial charge in [-0.3, -0.25) is 9.69 Å². The highest BCUT2D eigenvalue weighted by Gasteiger charge is 2.51. The molecule has 5 heteroatoms. The Balaban J connectivity index is 2.26. The fourth-order valence-corrected chi connectivity index (χ4v) is 3.88. The first-order valence-electron chi connectivity index (χ1n) is 4.70. The van der Waals surface area contributed by atoms with Gasteiger partial charge in [-0.2, -0.15) is 0 Å². The summed E-state index contributed by atoms with van der Waals surface area (Å²) in [6.07, 6.45) is 3.99. The van der Waals surface area contributed by atoms with Crippen molar-refractivity contribution in [2.45, 2.75) is 18.7 Å². The molecule has 80 valence electrons. The quantitative estimate of drug-likeness (QED) is 0.463. The molecule has 0 aromatic rings. The van der Waals surface area contributed by atoms with Crippen LogP contribution in [-0.2, 0) is 20.5 Å². The van der Waals surface area contributed by atoms with E-state index in [0.29, 0.717) is 12.2 Å². The van der Waals surface area contributed by atoms with E-state index in [1.54, 1.807) is 6.08 Å². The Bertz CT molecular complexity index is 375. The van der Waals surface area contributed by atoms with Crippen LogP contribution in [0.3, 0.4) is 0 Å². The monoisotopic (exact) mass is 225 g/mol. The van der Waals surface area contributed by atoms with Gasteiger partial charge in [0.05, 0.1) is 18.1 Å².